The number of hydrogen-bond donors (Lipinski definition) is 1. The smallest absolute Gasteiger partial charge is 0.274 e. The van der Waals surface area contributed by atoms with E-state index in [9.17, 15) is 26.4 Å². The molecule has 0 radical (unpaired) electrons. The summed E-state index contributed by atoms with van der Waals surface area (Å²) in [6.45, 7) is 1.83. The molecule has 0 heterocycles. The van der Waals surface area contributed by atoms with Crippen molar-refractivity contribution in [3.8, 4) is 0 Å². The summed E-state index contributed by atoms with van der Waals surface area (Å²) in [6.07, 6.45) is -3.42. The van der Waals surface area contributed by atoms with Gasteiger partial charge in [-0.15, -0.1) is 0 Å². The number of nitrogens with one attached hydrogen (secondary N) is 1. The van der Waals surface area contributed by atoms with Gasteiger partial charge < -0.3 is 0 Å². The Hall–Kier alpha value is -1.57. The largest absolute Gasteiger partial charge is 0.416 e. The second-order valence-electron chi connectivity index (χ2n) is 4.16. The van der Waals surface area contributed by atoms with Crippen LogP contribution in [0.2, 0.25) is 0 Å². The molecule has 0 aliphatic heterocycles. The number of amides is 1. The molecule has 1 aromatic rings. The minimum Gasteiger partial charge on any atom is -0.274 e. The van der Waals surface area contributed by atoms with E-state index < -0.39 is 32.6 Å². The van der Waals surface area contributed by atoms with Crippen LogP contribution >= 0.6 is 0 Å². The maximum Gasteiger partial charge on any atom is 0.416 e. The average Bonchev–Trinajstić information content (AvgIpc) is 2.35. The van der Waals surface area contributed by atoms with Crippen LogP contribution in [0.3, 0.4) is 0 Å². The molecule has 0 atom stereocenters. The lowest BCUT2D eigenvalue weighted by Gasteiger charge is -2.10. The molecule has 0 aliphatic carbocycles. The van der Waals surface area contributed by atoms with Gasteiger partial charge >= 0.3 is 6.18 Å². The molecule has 1 amide bonds. The maximum absolute atomic E-state index is 12.5. The lowest BCUT2D eigenvalue weighted by molar-refractivity contribution is -0.137. The van der Waals surface area contributed by atoms with Crippen LogP contribution in [-0.4, -0.2) is 14.3 Å². The minimum atomic E-state index is -4.64. The summed E-state index contributed by atoms with van der Waals surface area (Å²) in [5, 5.41) is 0. The van der Waals surface area contributed by atoms with E-state index in [0.717, 1.165) is 18.2 Å². The highest BCUT2D eigenvalue weighted by molar-refractivity contribution is 7.90. The second kappa shape index (κ2) is 6.25. The van der Waals surface area contributed by atoms with Crippen LogP contribution < -0.4 is 4.72 Å². The Bertz CT molecular complexity index is 582. The predicted octanol–water partition coefficient (Wildman–Crippen LogP) is 2.70. The van der Waals surface area contributed by atoms with Gasteiger partial charge in [0.05, 0.1) is 10.5 Å². The van der Waals surface area contributed by atoms with Crippen molar-refractivity contribution in [3.05, 3.63) is 29.8 Å². The minimum absolute atomic E-state index is 0.00862. The highest BCUT2D eigenvalue weighted by Crippen LogP contribution is 2.30. The number of carbonyl (C=O) groups is 1. The Balaban J connectivity index is 2.96. The first kappa shape index (κ1) is 16.5. The average molecular weight is 309 g/mol. The van der Waals surface area contributed by atoms with Crippen LogP contribution in [0.4, 0.5) is 13.2 Å². The van der Waals surface area contributed by atoms with Gasteiger partial charge in [0.25, 0.3) is 10.0 Å². The molecule has 0 saturated carbocycles. The molecule has 112 valence electrons. The Labute approximate surface area is 115 Å². The van der Waals surface area contributed by atoms with Gasteiger partial charge in [-0.1, -0.05) is 19.4 Å². The van der Waals surface area contributed by atoms with Crippen molar-refractivity contribution in [3.63, 3.8) is 0 Å². The summed E-state index contributed by atoms with van der Waals surface area (Å²) in [4.78, 5) is 10.8. The number of rotatable bonds is 5. The van der Waals surface area contributed by atoms with Gasteiger partial charge in [-0.25, -0.2) is 13.1 Å². The maximum atomic E-state index is 12.5. The van der Waals surface area contributed by atoms with E-state index in [-0.39, 0.29) is 6.42 Å². The molecule has 4 nitrogen and oxygen atoms in total. The highest BCUT2D eigenvalue weighted by atomic mass is 32.2. The number of carbonyl (C=O) groups excluding carboxylic acids is 1. The van der Waals surface area contributed by atoms with E-state index in [1.807, 2.05) is 6.92 Å². The van der Waals surface area contributed by atoms with E-state index in [1.54, 1.807) is 4.72 Å². The number of sulfonamides is 1. The summed E-state index contributed by atoms with van der Waals surface area (Å²) in [7, 11) is -4.27. The molecule has 8 heteroatoms. The monoisotopic (exact) mass is 309 g/mol. The Morgan fingerprint density at radius 3 is 2.50 bits per heavy atom. The Morgan fingerprint density at radius 1 is 1.30 bits per heavy atom. The van der Waals surface area contributed by atoms with Gasteiger partial charge in [0.2, 0.25) is 5.91 Å². The number of hydrogen-bond acceptors (Lipinski definition) is 3. The fraction of sp³-hybridized carbons (Fsp3) is 0.417. The Morgan fingerprint density at radius 2 is 1.95 bits per heavy atom. The standard InChI is InChI=1S/C12H14F3NO3S/c1-2-3-7-11(17)16-20(18,19)10-6-4-5-9(8-10)12(13,14)15/h4-6,8H,2-3,7H2,1H3,(H,16,17). The van der Waals surface area contributed by atoms with Gasteiger partial charge in [0.1, 0.15) is 0 Å². The van der Waals surface area contributed by atoms with E-state index in [2.05, 4.69) is 0 Å². The molecule has 0 bridgehead atoms. The van der Waals surface area contributed by atoms with Crippen molar-refractivity contribution in [2.45, 2.75) is 37.3 Å². The Kier molecular flexibility index (Phi) is 5.15. The van der Waals surface area contributed by atoms with E-state index in [4.69, 9.17) is 0 Å². The fourth-order valence-corrected chi connectivity index (χ4v) is 2.50. The zero-order valence-electron chi connectivity index (χ0n) is 10.7. The molecule has 0 unspecified atom stereocenters. The first-order valence-corrected chi connectivity index (χ1v) is 7.38. The van der Waals surface area contributed by atoms with Crippen LogP contribution in [0.1, 0.15) is 31.7 Å². The number of unbranched alkanes of at least 4 members (excludes halogenated alkanes) is 1. The number of alkyl halides is 3. The van der Waals surface area contributed by atoms with Crippen molar-refractivity contribution in [1.82, 2.24) is 4.72 Å². The number of benzene rings is 1. The van der Waals surface area contributed by atoms with E-state index >= 15 is 0 Å². The number of halogens is 3. The summed E-state index contributed by atoms with van der Waals surface area (Å²) in [5.74, 6) is -0.732. The molecule has 0 aliphatic rings. The third kappa shape index (κ3) is 4.52. The molecule has 0 saturated heterocycles. The third-order valence-electron chi connectivity index (χ3n) is 2.48. The van der Waals surface area contributed by atoms with Crippen LogP contribution in [0.15, 0.2) is 29.2 Å². The zero-order valence-corrected chi connectivity index (χ0v) is 11.5. The first-order chi connectivity index (χ1) is 9.16. The van der Waals surface area contributed by atoms with Crippen LogP contribution in [-0.2, 0) is 21.0 Å². The van der Waals surface area contributed by atoms with Crippen LogP contribution in [0.5, 0.6) is 0 Å². The van der Waals surface area contributed by atoms with Crippen molar-refractivity contribution >= 4 is 15.9 Å². The van der Waals surface area contributed by atoms with Gasteiger partial charge in [-0.3, -0.25) is 4.79 Å². The predicted molar refractivity (Wildman–Crippen MR) is 66.3 cm³/mol. The van der Waals surface area contributed by atoms with E-state index in [0.29, 0.717) is 18.9 Å². The quantitative estimate of drug-likeness (QED) is 0.909. The summed E-state index contributed by atoms with van der Waals surface area (Å²) in [5.41, 5.74) is -1.08. The van der Waals surface area contributed by atoms with Crippen molar-refractivity contribution in [1.29, 1.82) is 0 Å². The normalized spacial score (nSPS) is 12.2. The molecular weight excluding hydrogens is 295 g/mol. The molecule has 1 N–H and O–H groups in total. The van der Waals surface area contributed by atoms with Crippen molar-refractivity contribution < 1.29 is 26.4 Å². The topological polar surface area (TPSA) is 63.2 Å². The fourth-order valence-electron chi connectivity index (χ4n) is 1.44. The lowest BCUT2D eigenvalue weighted by Crippen LogP contribution is -2.30. The van der Waals surface area contributed by atoms with Gasteiger partial charge in [0, 0.05) is 6.42 Å². The molecule has 0 aromatic heterocycles. The SMILES string of the molecule is CCCCC(=O)NS(=O)(=O)c1cccc(C(F)(F)F)c1. The second-order valence-corrected chi connectivity index (χ2v) is 5.84. The van der Waals surface area contributed by atoms with Crippen molar-refractivity contribution in [2.75, 3.05) is 0 Å². The van der Waals surface area contributed by atoms with Crippen LogP contribution in [0.25, 0.3) is 0 Å². The van der Waals surface area contributed by atoms with Gasteiger partial charge in [0.15, 0.2) is 0 Å². The van der Waals surface area contributed by atoms with Gasteiger partial charge in [-0.05, 0) is 24.6 Å². The summed E-state index contributed by atoms with van der Waals surface area (Å²) < 4.78 is 62.8. The first-order valence-electron chi connectivity index (χ1n) is 5.89. The highest BCUT2D eigenvalue weighted by Gasteiger charge is 2.31. The third-order valence-corrected chi connectivity index (χ3v) is 3.85. The summed E-state index contributed by atoms with van der Waals surface area (Å²) >= 11 is 0. The molecular formula is C12H14F3NO3S. The van der Waals surface area contributed by atoms with Crippen LogP contribution in [0, 0.1) is 0 Å². The molecule has 1 aromatic carbocycles. The summed E-state index contributed by atoms with van der Waals surface area (Å²) in [6, 6.07) is 3.24. The van der Waals surface area contributed by atoms with Gasteiger partial charge in [-0.2, -0.15) is 13.2 Å². The van der Waals surface area contributed by atoms with Crippen molar-refractivity contribution in [2.24, 2.45) is 0 Å². The molecule has 1 rings (SSSR count). The molecule has 0 fully saturated rings. The zero-order chi connectivity index (χ0) is 15.4. The molecule has 0 spiro atoms. The van der Waals surface area contributed by atoms with E-state index in [1.165, 1.54) is 0 Å². The lowest BCUT2D eigenvalue weighted by atomic mass is 10.2. The molecule has 20 heavy (non-hydrogen) atoms.